The van der Waals surface area contributed by atoms with E-state index in [0.717, 1.165) is 12.1 Å². The third-order valence-electron chi connectivity index (χ3n) is 3.52. The van der Waals surface area contributed by atoms with Crippen molar-refractivity contribution in [3.8, 4) is 0 Å². The number of amides is 1. The second-order valence-corrected chi connectivity index (χ2v) is 8.11. The zero-order chi connectivity index (χ0) is 20.4. The molecule has 11 heteroatoms. The monoisotopic (exact) mass is 431 g/mol. The number of nitro benzene ring substituents is 1. The van der Waals surface area contributed by atoms with Crippen molar-refractivity contribution in [2.75, 3.05) is 5.32 Å². The molecule has 0 spiro atoms. The number of sulfonamides is 1. The maximum atomic E-state index is 12.7. The lowest BCUT2D eigenvalue weighted by Crippen LogP contribution is -2.27. The fraction of sp³-hybridized carbons (Fsp3) is 0.188. The normalized spacial score (nSPS) is 12.4. The maximum absolute atomic E-state index is 12.7. The van der Waals surface area contributed by atoms with Crippen LogP contribution in [0.15, 0.2) is 41.3 Å². The molecule has 1 atom stereocenters. The number of nitrogens with zero attached hydrogens (tertiary/aromatic N) is 1. The van der Waals surface area contributed by atoms with Crippen molar-refractivity contribution in [3.05, 3.63) is 62.1 Å². The topological polar surface area (TPSA) is 118 Å². The molecule has 2 aromatic carbocycles. The van der Waals surface area contributed by atoms with Crippen LogP contribution in [0.3, 0.4) is 0 Å². The average molecular weight is 432 g/mol. The molecule has 8 nitrogen and oxygen atoms in total. The summed E-state index contributed by atoms with van der Waals surface area (Å²) in [7, 11) is -4.21. The minimum atomic E-state index is -4.21. The number of halogens is 2. The van der Waals surface area contributed by atoms with Crippen molar-refractivity contribution in [2.24, 2.45) is 0 Å². The van der Waals surface area contributed by atoms with Crippen LogP contribution in [0.1, 0.15) is 25.5 Å². The number of non-ortho nitro benzene ring substituents is 1. The van der Waals surface area contributed by atoms with Crippen molar-refractivity contribution in [1.29, 1.82) is 0 Å². The van der Waals surface area contributed by atoms with Gasteiger partial charge in [-0.1, -0.05) is 35.3 Å². The fourth-order valence-corrected chi connectivity index (χ4v) is 4.34. The number of nitro groups is 1. The van der Waals surface area contributed by atoms with E-state index in [1.54, 1.807) is 31.2 Å². The summed E-state index contributed by atoms with van der Waals surface area (Å²) in [5.41, 5.74) is 0.574. The minimum Gasteiger partial charge on any atom is -0.326 e. The first-order chi connectivity index (χ1) is 12.5. The van der Waals surface area contributed by atoms with Crippen molar-refractivity contribution in [2.45, 2.75) is 24.8 Å². The molecule has 0 aliphatic rings. The van der Waals surface area contributed by atoms with Gasteiger partial charge in [0.05, 0.1) is 15.0 Å². The van der Waals surface area contributed by atoms with E-state index in [9.17, 15) is 23.3 Å². The van der Waals surface area contributed by atoms with E-state index in [1.807, 2.05) is 0 Å². The van der Waals surface area contributed by atoms with Crippen LogP contribution in [0.25, 0.3) is 0 Å². The van der Waals surface area contributed by atoms with E-state index < -0.39 is 31.6 Å². The second kappa shape index (κ2) is 8.22. The summed E-state index contributed by atoms with van der Waals surface area (Å²) in [5, 5.41) is 13.0. The van der Waals surface area contributed by atoms with E-state index in [4.69, 9.17) is 23.2 Å². The molecule has 0 aromatic heterocycles. The molecule has 0 aliphatic heterocycles. The third kappa shape index (κ3) is 5.16. The molecule has 27 heavy (non-hydrogen) atoms. The predicted octanol–water partition coefficient (Wildman–Crippen LogP) is 3.90. The number of anilines is 1. The molecule has 0 heterocycles. The number of hydrogen-bond donors (Lipinski definition) is 2. The number of benzene rings is 2. The van der Waals surface area contributed by atoms with Crippen LogP contribution in [0, 0.1) is 10.1 Å². The van der Waals surface area contributed by atoms with E-state index in [2.05, 4.69) is 10.0 Å². The van der Waals surface area contributed by atoms with Gasteiger partial charge < -0.3 is 5.32 Å². The standard InChI is InChI=1S/C16H15Cl2N3O5S/c1-9(11-4-3-5-12(6-11)19-10(2)22)20-27(25,26)15-8-13(21(23)24)7-14(17)16(15)18/h3-9,20H,1-2H3,(H,19,22). The van der Waals surface area contributed by atoms with Crippen molar-refractivity contribution in [3.63, 3.8) is 0 Å². The molecule has 144 valence electrons. The first kappa shape index (κ1) is 21.1. The molecular formula is C16H15Cl2N3O5S. The van der Waals surface area contributed by atoms with E-state index in [-0.39, 0.29) is 16.0 Å². The molecule has 1 unspecified atom stereocenters. The van der Waals surface area contributed by atoms with Crippen LogP contribution in [-0.2, 0) is 14.8 Å². The number of rotatable bonds is 6. The van der Waals surface area contributed by atoms with Crippen LogP contribution in [0.4, 0.5) is 11.4 Å². The van der Waals surface area contributed by atoms with Gasteiger partial charge in [0.15, 0.2) is 0 Å². The molecule has 2 rings (SSSR count). The first-order valence-electron chi connectivity index (χ1n) is 7.54. The first-order valence-corrected chi connectivity index (χ1v) is 9.78. The largest absolute Gasteiger partial charge is 0.326 e. The fourth-order valence-electron chi connectivity index (χ4n) is 2.30. The Labute approximate surface area is 165 Å². The van der Waals surface area contributed by atoms with Gasteiger partial charge in [0.1, 0.15) is 4.90 Å². The van der Waals surface area contributed by atoms with Gasteiger partial charge in [0.25, 0.3) is 5.69 Å². The SMILES string of the molecule is CC(=O)Nc1cccc(C(C)NS(=O)(=O)c2cc([N+](=O)[O-])cc(Cl)c2Cl)c1. The van der Waals surface area contributed by atoms with Gasteiger partial charge in [-0.15, -0.1) is 0 Å². The Morgan fingerprint density at radius 3 is 2.48 bits per heavy atom. The number of nitrogens with one attached hydrogen (secondary N) is 2. The molecule has 0 fully saturated rings. The summed E-state index contributed by atoms with van der Waals surface area (Å²) in [4.78, 5) is 20.9. The van der Waals surface area contributed by atoms with E-state index in [0.29, 0.717) is 11.3 Å². The van der Waals surface area contributed by atoms with Crippen molar-refractivity contribution < 1.29 is 18.1 Å². The predicted molar refractivity (Wildman–Crippen MR) is 103 cm³/mol. The lowest BCUT2D eigenvalue weighted by molar-refractivity contribution is -0.385. The molecule has 0 radical (unpaired) electrons. The lowest BCUT2D eigenvalue weighted by atomic mass is 10.1. The highest BCUT2D eigenvalue weighted by Crippen LogP contribution is 2.34. The second-order valence-electron chi connectivity index (χ2n) is 5.65. The maximum Gasteiger partial charge on any atom is 0.272 e. The van der Waals surface area contributed by atoms with Crippen molar-refractivity contribution in [1.82, 2.24) is 4.72 Å². The Hall–Kier alpha value is -2.20. The number of hydrogen-bond acceptors (Lipinski definition) is 5. The van der Waals surface area contributed by atoms with Crippen LogP contribution < -0.4 is 10.0 Å². The van der Waals surface area contributed by atoms with Gasteiger partial charge in [-0.05, 0) is 24.6 Å². The van der Waals surface area contributed by atoms with Gasteiger partial charge in [-0.2, -0.15) is 0 Å². The van der Waals surface area contributed by atoms with Gasteiger partial charge >= 0.3 is 0 Å². The Morgan fingerprint density at radius 2 is 1.89 bits per heavy atom. The molecule has 0 bridgehead atoms. The van der Waals surface area contributed by atoms with Gasteiger partial charge in [-0.25, -0.2) is 13.1 Å². The third-order valence-corrected chi connectivity index (χ3v) is 6.00. The molecule has 2 N–H and O–H groups in total. The molecule has 0 saturated heterocycles. The highest BCUT2D eigenvalue weighted by Gasteiger charge is 2.26. The summed E-state index contributed by atoms with van der Waals surface area (Å²) >= 11 is 11.8. The summed E-state index contributed by atoms with van der Waals surface area (Å²) in [6.45, 7) is 2.93. The van der Waals surface area contributed by atoms with E-state index >= 15 is 0 Å². The van der Waals surface area contributed by atoms with E-state index in [1.165, 1.54) is 6.92 Å². The highest BCUT2D eigenvalue weighted by molar-refractivity contribution is 7.89. The highest BCUT2D eigenvalue weighted by atomic mass is 35.5. The number of carbonyl (C=O) groups excluding carboxylic acids is 1. The zero-order valence-corrected chi connectivity index (χ0v) is 16.5. The van der Waals surface area contributed by atoms with Crippen LogP contribution in [-0.4, -0.2) is 19.2 Å². The number of carbonyl (C=O) groups is 1. The minimum absolute atomic E-state index is 0.244. The Morgan fingerprint density at radius 1 is 1.22 bits per heavy atom. The van der Waals surface area contributed by atoms with Crippen LogP contribution in [0.2, 0.25) is 10.0 Å². The van der Waals surface area contributed by atoms with Crippen LogP contribution >= 0.6 is 23.2 Å². The summed E-state index contributed by atoms with van der Waals surface area (Å²) in [6.07, 6.45) is 0. The average Bonchev–Trinajstić information content (AvgIpc) is 2.56. The summed E-state index contributed by atoms with van der Waals surface area (Å²) in [6, 6.07) is 7.70. The van der Waals surface area contributed by atoms with Gasteiger partial charge in [0.2, 0.25) is 15.9 Å². The molecule has 2 aromatic rings. The van der Waals surface area contributed by atoms with Crippen molar-refractivity contribution >= 4 is 50.5 Å². The molecule has 0 aliphatic carbocycles. The zero-order valence-electron chi connectivity index (χ0n) is 14.2. The Balaban J connectivity index is 2.36. The quantitative estimate of drug-likeness (QED) is 0.530. The Bertz CT molecular complexity index is 1010. The van der Waals surface area contributed by atoms with Crippen LogP contribution in [0.5, 0.6) is 0 Å². The molecule has 1 amide bonds. The Kier molecular flexibility index (Phi) is 6.42. The molecular weight excluding hydrogens is 417 g/mol. The van der Waals surface area contributed by atoms with Gasteiger partial charge in [0, 0.05) is 30.8 Å². The lowest BCUT2D eigenvalue weighted by Gasteiger charge is -2.16. The van der Waals surface area contributed by atoms with Gasteiger partial charge in [-0.3, -0.25) is 14.9 Å². The summed E-state index contributed by atoms with van der Waals surface area (Å²) < 4.78 is 27.8. The smallest absolute Gasteiger partial charge is 0.272 e. The summed E-state index contributed by atoms with van der Waals surface area (Å²) in [5.74, 6) is -0.265. The molecule has 0 saturated carbocycles.